The van der Waals surface area contributed by atoms with Crippen LogP contribution in [0, 0.1) is 0 Å². The third-order valence-corrected chi connectivity index (χ3v) is 5.65. The van der Waals surface area contributed by atoms with E-state index in [2.05, 4.69) is 6.92 Å². The van der Waals surface area contributed by atoms with E-state index < -0.39 is 27.9 Å². The summed E-state index contributed by atoms with van der Waals surface area (Å²) in [5.41, 5.74) is 0. The monoisotopic (exact) mass is 464 g/mol. The Morgan fingerprint density at radius 3 is 1.65 bits per heavy atom. The van der Waals surface area contributed by atoms with Crippen LogP contribution in [0.2, 0.25) is 0 Å². The van der Waals surface area contributed by atoms with Crippen molar-refractivity contribution in [1.82, 2.24) is 0 Å². The normalized spacial score (nSPS) is 16.4. The quantitative estimate of drug-likeness (QED) is 0.128. The Hall–Kier alpha value is 0.240. The molecule has 0 rings (SSSR count). The number of hydrogen-bond donors (Lipinski definition) is 0. The summed E-state index contributed by atoms with van der Waals surface area (Å²) in [6.45, 7) is 3.58. The van der Waals surface area contributed by atoms with Crippen molar-refractivity contribution in [2.45, 2.75) is 93.1 Å². The molecular weight excluding hydrogens is 440 g/mol. The van der Waals surface area contributed by atoms with E-state index in [1.165, 1.54) is 6.92 Å². The van der Waals surface area contributed by atoms with E-state index in [1.54, 1.807) is 22.6 Å². The standard InChI is InChI=1S/C15H24F7I/c1-3-5-6-7-8-9-10-12(23,4-2)11-13(16,17)14(18,19)15(20,21)22/h3-11H2,1-2H3. The largest absolute Gasteiger partial charge is 0.459 e. The van der Waals surface area contributed by atoms with Gasteiger partial charge in [0.1, 0.15) is 0 Å². The zero-order chi connectivity index (χ0) is 18.4. The molecule has 0 bridgehead atoms. The van der Waals surface area contributed by atoms with Crippen LogP contribution >= 0.6 is 22.6 Å². The van der Waals surface area contributed by atoms with Crippen molar-refractivity contribution in [3.8, 4) is 0 Å². The molecule has 0 heterocycles. The van der Waals surface area contributed by atoms with Crippen LogP contribution in [0.25, 0.3) is 0 Å². The number of hydrogen-bond acceptors (Lipinski definition) is 0. The van der Waals surface area contributed by atoms with Crippen LogP contribution in [0.1, 0.15) is 71.6 Å². The van der Waals surface area contributed by atoms with Gasteiger partial charge in [-0.1, -0.05) is 75.0 Å². The summed E-state index contributed by atoms with van der Waals surface area (Å²) in [6, 6.07) is 0. The number of alkyl halides is 8. The molecule has 1 atom stereocenters. The first-order valence-corrected chi connectivity index (χ1v) is 8.92. The molecule has 0 aromatic carbocycles. The van der Waals surface area contributed by atoms with Gasteiger partial charge in [-0.2, -0.15) is 30.7 Å². The van der Waals surface area contributed by atoms with Gasteiger partial charge in [0.05, 0.1) is 0 Å². The Labute approximate surface area is 146 Å². The minimum absolute atomic E-state index is 0.117. The van der Waals surface area contributed by atoms with Gasteiger partial charge in [-0.3, -0.25) is 0 Å². The summed E-state index contributed by atoms with van der Waals surface area (Å²) >= 11 is 1.62. The molecule has 0 amide bonds. The fourth-order valence-electron chi connectivity index (χ4n) is 2.33. The number of halogens is 8. The average Bonchev–Trinajstić information content (AvgIpc) is 2.40. The molecule has 0 aromatic heterocycles. The van der Waals surface area contributed by atoms with Crippen LogP contribution in [0.15, 0.2) is 0 Å². The van der Waals surface area contributed by atoms with E-state index in [1.807, 2.05) is 0 Å². The predicted octanol–water partition coefficient (Wildman–Crippen LogP) is 7.54. The lowest BCUT2D eigenvalue weighted by atomic mass is 9.89. The van der Waals surface area contributed by atoms with Crippen LogP contribution in [-0.4, -0.2) is 21.4 Å². The molecule has 1 unspecified atom stereocenters. The highest BCUT2D eigenvalue weighted by Gasteiger charge is 2.73. The number of unbranched alkanes of at least 4 members (excludes halogenated alkanes) is 5. The molecule has 0 spiro atoms. The van der Waals surface area contributed by atoms with Gasteiger partial charge < -0.3 is 0 Å². The first-order chi connectivity index (χ1) is 10.3. The maximum atomic E-state index is 13.6. The van der Waals surface area contributed by atoms with Crippen molar-refractivity contribution < 1.29 is 30.7 Å². The smallest absolute Gasteiger partial charge is 0.199 e. The third kappa shape index (κ3) is 6.94. The fraction of sp³-hybridized carbons (Fsp3) is 1.00. The van der Waals surface area contributed by atoms with Gasteiger partial charge in [-0.25, -0.2) is 0 Å². The lowest BCUT2D eigenvalue weighted by Gasteiger charge is -2.35. The van der Waals surface area contributed by atoms with E-state index in [0.717, 1.165) is 32.1 Å². The van der Waals surface area contributed by atoms with Crippen LogP contribution in [0.3, 0.4) is 0 Å². The molecule has 0 aliphatic rings. The molecule has 0 fully saturated rings. The van der Waals surface area contributed by atoms with Gasteiger partial charge in [0, 0.05) is 9.84 Å². The highest BCUT2D eigenvalue weighted by Crippen LogP contribution is 2.52. The Kier molecular flexibility index (Phi) is 9.18. The summed E-state index contributed by atoms with van der Waals surface area (Å²) in [7, 11) is 0. The van der Waals surface area contributed by atoms with Gasteiger partial charge >= 0.3 is 18.0 Å². The van der Waals surface area contributed by atoms with Gasteiger partial charge in [0.25, 0.3) is 0 Å². The molecule has 140 valence electrons. The molecule has 0 aliphatic heterocycles. The Morgan fingerprint density at radius 2 is 1.22 bits per heavy atom. The van der Waals surface area contributed by atoms with Crippen LogP contribution < -0.4 is 0 Å². The highest BCUT2D eigenvalue weighted by molar-refractivity contribution is 14.1. The molecule has 0 nitrogen and oxygen atoms in total. The minimum Gasteiger partial charge on any atom is -0.199 e. The Balaban J connectivity index is 4.70. The average molecular weight is 464 g/mol. The van der Waals surface area contributed by atoms with Gasteiger partial charge in [0.15, 0.2) is 0 Å². The van der Waals surface area contributed by atoms with Gasteiger partial charge in [0.2, 0.25) is 0 Å². The molecule has 8 heteroatoms. The van der Waals surface area contributed by atoms with Crippen LogP contribution in [0.4, 0.5) is 30.7 Å². The lowest BCUT2D eigenvalue weighted by molar-refractivity contribution is -0.356. The predicted molar refractivity (Wildman–Crippen MR) is 85.6 cm³/mol. The third-order valence-electron chi connectivity index (χ3n) is 3.97. The van der Waals surface area contributed by atoms with Crippen LogP contribution in [0.5, 0.6) is 0 Å². The topological polar surface area (TPSA) is 0 Å². The molecule has 0 aliphatic carbocycles. The van der Waals surface area contributed by atoms with Gasteiger partial charge in [-0.05, 0) is 12.8 Å². The zero-order valence-corrected chi connectivity index (χ0v) is 15.5. The summed E-state index contributed by atoms with van der Waals surface area (Å²) in [6.07, 6.45) is -2.02. The molecule has 0 saturated carbocycles. The van der Waals surface area contributed by atoms with Gasteiger partial charge in [-0.15, -0.1) is 0 Å². The van der Waals surface area contributed by atoms with E-state index in [-0.39, 0.29) is 12.8 Å². The second kappa shape index (κ2) is 9.08. The van der Waals surface area contributed by atoms with Crippen molar-refractivity contribution in [3.05, 3.63) is 0 Å². The summed E-state index contributed by atoms with van der Waals surface area (Å²) in [5, 5.41) is 0. The molecule has 0 aromatic rings. The molecule has 23 heavy (non-hydrogen) atoms. The summed E-state index contributed by atoms with van der Waals surface area (Å²) in [5.74, 6) is -11.1. The maximum Gasteiger partial charge on any atom is 0.459 e. The van der Waals surface area contributed by atoms with E-state index in [0.29, 0.717) is 6.42 Å². The minimum atomic E-state index is -6.25. The SMILES string of the molecule is CCCCCCCCC(I)(CC)CC(F)(F)C(F)(F)C(F)(F)F. The lowest BCUT2D eigenvalue weighted by Crippen LogP contribution is -2.54. The number of rotatable bonds is 11. The van der Waals surface area contributed by atoms with Crippen molar-refractivity contribution in [2.24, 2.45) is 0 Å². The van der Waals surface area contributed by atoms with E-state index >= 15 is 0 Å². The van der Waals surface area contributed by atoms with Crippen LogP contribution in [-0.2, 0) is 0 Å². The molecular formula is C15H24F7I. The Morgan fingerprint density at radius 1 is 0.739 bits per heavy atom. The second-order valence-corrected chi connectivity index (χ2v) is 8.26. The zero-order valence-electron chi connectivity index (χ0n) is 13.4. The van der Waals surface area contributed by atoms with Crippen molar-refractivity contribution in [2.75, 3.05) is 0 Å². The first kappa shape index (κ1) is 23.2. The first-order valence-electron chi connectivity index (χ1n) is 7.84. The van der Waals surface area contributed by atoms with Crippen molar-refractivity contribution >= 4 is 22.6 Å². The second-order valence-electron chi connectivity index (χ2n) is 5.98. The maximum absolute atomic E-state index is 13.6. The molecule has 0 N–H and O–H groups in total. The van der Waals surface area contributed by atoms with Crippen molar-refractivity contribution in [3.63, 3.8) is 0 Å². The molecule has 0 radical (unpaired) electrons. The van der Waals surface area contributed by atoms with Crippen molar-refractivity contribution in [1.29, 1.82) is 0 Å². The summed E-state index contributed by atoms with van der Waals surface area (Å²) < 4.78 is 88.5. The molecule has 0 saturated heterocycles. The van der Waals surface area contributed by atoms with E-state index in [9.17, 15) is 30.7 Å². The Bertz CT molecular complexity index is 341. The summed E-state index contributed by atoms with van der Waals surface area (Å²) in [4.78, 5) is 0. The highest BCUT2D eigenvalue weighted by atomic mass is 127. The van der Waals surface area contributed by atoms with E-state index in [4.69, 9.17) is 0 Å². The fourth-order valence-corrected chi connectivity index (χ4v) is 3.19.